The van der Waals surface area contributed by atoms with Crippen LogP contribution >= 0.6 is 0 Å². The van der Waals surface area contributed by atoms with Crippen LogP contribution in [0, 0.1) is 11.8 Å². The van der Waals surface area contributed by atoms with E-state index in [4.69, 9.17) is 5.73 Å². The minimum absolute atomic E-state index is 0.0355. The van der Waals surface area contributed by atoms with Crippen LogP contribution in [0.3, 0.4) is 0 Å². The summed E-state index contributed by atoms with van der Waals surface area (Å²) in [6.45, 7) is 6.97. The molecule has 28 heteroatoms. The zero-order valence-electron chi connectivity index (χ0n) is 41.6. The Kier molecular flexibility index (Phi) is 28.1. The molecule has 8 amide bonds. The van der Waals surface area contributed by atoms with Crippen molar-refractivity contribution in [3.8, 4) is 0 Å². The van der Waals surface area contributed by atoms with E-state index in [-0.39, 0.29) is 31.1 Å². The molecule has 0 aromatic heterocycles. The monoisotopic (exact) mass is 1050 g/mol. The Hall–Kier alpha value is -7.75. The number of aliphatic hydroxyl groups excluding tert-OH is 1. The fourth-order valence-electron chi connectivity index (χ4n) is 6.91. The number of rotatable bonds is 35. The lowest BCUT2D eigenvalue weighted by Crippen LogP contribution is -2.60. The van der Waals surface area contributed by atoms with E-state index >= 15 is 0 Å². The van der Waals surface area contributed by atoms with Crippen LogP contribution in [0.5, 0.6) is 0 Å². The Labute approximate surface area is 425 Å². The van der Waals surface area contributed by atoms with Gasteiger partial charge in [0, 0.05) is 25.7 Å². The molecule has 0 aliphatic rings. The Morgan fingerprint density at radius 2 is 0.878 bits per heavy atom. The molecule has 0 bridgehead atoms. The summed E-state index contributed by atoms with van der Waals surface area (Å²) in [5, 5.41) is 75.6. The Morgan fingerprint density at radius 3 is 1.31 bits per heavy atom. The molecule has 0 unspecified atom stereocenters. The van der Waals surface area contributed by atoms with Crippen LogP contribution in [0.15, 0.2) is 30.3 Å². The highest BCUT2D eigenvalue weighted by Crippen LogP contribution is 2.11. The Bertz CT molecular complexity index is 2160. The van der Waals surface area contributed by atoms with Gasteiger partial charge in [0.2, 0.25) is 47.3 Å². The van der Waals surface area contributed by atoms with Crippen LogP contribution in [0.2, 0.25) is 0 Å². The van der Waals surface area contributed by atoms with Crippen molar-refractivity contribution in [2.75, 3.05) is 6.54 Å². The molecule has 0 aliphatic heterocycles. The number of carbonyl (C=O) groups is 13. The number of carbonyl (C=O) groups excluding carboxylic acids is 8. The lowest BCUT2D eigenvalue weighted by atomic mass is 10.0. The average molecular weight is 1050 g/mol. The van der Waals surface area contributed by atoms with Crippen molar-refractivity contribution in [2.24, 2.45) is 17.6 Å². The molecule has 16 N–H and O–H groups in total. The van der Waals surface area contributed by atoms with Crippen molar-refractivity contribution in [2.45, 2.75) is 153 Å². The Balaban J connectivity index is 3.33. The summed E-state index contributed by atoms with van der Waals surface area (Å²) in [4.78, 5) is 165. The first-order chi connectivity index (χ1) is 34.5. The summed E-state index contributed by atoms with van der Waals surface area (Å²) in [5.74, 6) is -16.7. The van der Waals surface area contributed by atoms with E-state index in [1.54, 1.807) is 58.0 Å². The van der Waals surface area contributed by atoms with Gasteiger partial charge in [0.05, 0.1) is 25.1 Å². The van der Waals surface area contributed by atoms with E-state index in [0.29, 0.717) is 5.56 Å². The fourth-order valence-corrected chi connectivity index (χ4v) is 6.91. The van der Waals surface area contributed by atoms with E-state index in [0.717, 1.165) is 6.92 Å². The van der Waals surface area contributed by atoms with Crippen LogP contribution < -0.4 is 48.3 Å². The van der Waals surface area contributed by atoms with Crippen molar-refractivity contribution >= 4 is 77.1 Å². The predicted octanol–water partition coefficient (Wildman–Crippen LogP) is -3.31. The number of aliphatic carboxylic acids is 5. The number of nitrogens with one attached hydrogen (secondary N) is 8. The smallest absolute Gasteiger partial charge is 0.326 e. The number of carboxylic acids is 5. The minimum Gasteiger partial charge on any atom is -0.481 e. The molecule has 1 aromatic carbocycles. The molecule has 412 valence electrons. The van der Waals surface area contributed by atoms with Gasteiger partial charge in [-0.3, -0.25) is 57.5 Å². The summed E-state index contributed by atoms with van der Waals surface area (Å²) < 4.78 is 0. The molecule has 1 rings (SSSR count). The molecule has 0 fully saturated rings. The maximum absolute atomic E-state index is 13.7. The molecule has 0 aliphatic carbocycles. The number of benzene rings is 1. The van der Waals surface area contributed by atoms with Crippen LogP contribution in [0.4, 0.5) is 0 Å². The Morgan fingerprint density at radius 1 is 0.473 bits per heavy atom. The molecule has 1 aromatic rings. The second kappa shape index (κ2) is 32.3. The first kappa shape index (κ1) is 64.3. The third-order valence-electron chi connectivity index (χ3n) is 10.7. The van der Waals surface area contributed by atoms with Gasteiger partial charge in [-0.25, -0.2) is 4.79 Å². The molecule has 0 saturated carbocycles. The lowest BCUT2D eigenvalue weighted by Gasteiger charge is -2.27. The van der Waals surface area contributed by atoms with Crippen LogP contribution in [-0.2, 0) is 68.7 Å². The van der Waals surface area contributed by atoms with Crippen molar-refractivity contribution in [3.63, 3.8) is 0 Å². The zero-order valence-corrected chi connectivity index (χ0v) is 41.6. The maximum atomic E-state index is 13.7. The SMILES string of the molecule is CC(C)C[C@H](NC(=O)[C@H](Cc1ccccc1)NC(=O)[C@H](CCC(=O)O)NC(=O)CNC(=O)[C@@H](NC(=O)[C@H](CCC(=O)O)NC(=O)[C@H](CCC(=O)O)NC(=O)[C@H](CC(=O)O)NC(=O)[C@@H](N)CC(C)C)[C@@H](C)O)C(=O)O. The second-order valence-electron chi connectivity index (χ2n) is 18.2. The first-order valence-electron chi connectivity index (χ1n) is 23.5. The third kappa shape index (κ3) is 25.6. The third-order valence-corrected chi connectivity index (χ3v) is 10.7. The van der Waals surface area contributed by atoms with Gasteiger partial charge in [0.25, 0.3) is 0 Å². The first-order valence-corrected chi connectivity index (χ1v) is 23.5. The van der Waals surface area contributed by atoms with Gasteiger partial charge in [0.15, 0.2) is 0 Å². The van der Waals surface area contributed by atoms with E-state index < -0.39 is 183 Å². The molecular weight excluding hydrogens is 983 g/mol. The van der Waals surface area contributed by atoms with Crippen LogP contribution in [0.25, 0.3) is 0 Å². The van der Waals surface area contributed by atoms with Gasteiger partial charge in [-0.05, 0) is 56.4 Å². The van der Waals surface area contributed by atoms with E-state index in [1.807, 2.05) is 0 Å². The number of aliphatic hydroxyl groups is 1. The molecule has 9 atom stereocenters. The average Bonchev–Trinajstić information content (AvgIpc) is 3.29. The standard InChI is InChI=1S/C46H69N9O19/c1-22(2)17-26(47)39(66)52-31(20-37(64)65)44(71)51-28(12-15-35(60)61)41(68)50-29(13-16-36(62)63)42(69)55-38(24(5)56)45(72)48-21-33(57)49-27(11-14-34(58)59)40(67)53-30(19-25-9-7-6-8-10-25)43(70)54-32(46(73)74)18-23(3)4/h6-10,22-24,26-32,38,56H,11-21,47H2,1-5H3,(H,48,72)(H,49,57)(H,50,68)(H,51,71)(H,52,66)(H,53,67)(H,54,70)(H,55,69)(H,58,59)(H,60,61)(H,62,63)(H,64,65)(H,73,74)/t24-,26+,27+,28+,29+,30+,31+,32+,38+/m1/s1. The van der Waals surface area contributed by atoms with E-state index in [9.17, 15) is 93.0 Å². The van der Waals surface area contributed by atoms with Crippen molar-refractivity contribution in [1.82, 2.24) is 42.5 Å². The predicted molar refractivity (Wildman–Crippen MR) is 256 cm³/mol. The summed E-state index contributed by atoms with van der Waals surface area (Å²) in [7, 11) is 0. The molecule has 28 nitrogen and oxygen atoms in total. The van der Waals surface area contributed by atoms with E-state index in [1.165, 1.54) is 0 Å². The van der Waals surface area contributed by atoms with Crippen molar-refractivity contribution in [1.29, 1.82) is 0 Å². The lowest BCUT2D eigenvalue weighted by molar-refractivity contribution is -0.143. The molecule has 74 heavy (non-hydrogen) atoms. The highest BCUT2D eigenvalue weighted by atomic mass is 16.4. The molecule has 0 spiro atoms. The van der Waals surface area contributed by atoms with Gasteiger partial charge in [-0.15, -0.1) is 0 Å². The number of hydrogen-bond acceptors (Lipinski definition) is 15. The van der Waals surface area contributed by atoms with E-state index in [2.05, 4.69) is 42.5 Å². The van der Waals surface area contributed by atoms with Gasteiger partial charge in [0.1, 0.15) is 42.3 Å². The minimum atomic E-state index is -1.96. The highest BCUT2D eigenvalue weighted by Gasteiger charge is 2.35. The molecule has 0 heterocycles. The number of carboxylic acid groups (broad SMARTS) is 5. The number of amides is 8. The largest absolute Gasteiger partial charge is 0.481 e. The maximum Gasteiger partial charge on any atom is 0.326 e. The summed E-state index contributed by atoms with van der Waals surface area (Å²) in [5.41, 5.74) is 6.40. The second-order valence-corrected chi connectivity index (χ2v) is 18.2. The van der Waals surface area contributed by atoms with Gasteiger partial charge < -0.3 is 78.9 Å². The summed E-state index contributed by atoms with van der Waals surface area (Å²) >= 11 is 0. The van der Waals surface area contributed by atoms with Crippen molar-refractivity contribution < 1.29 is 93.0 Å². The van der Waals surface area contributed by atoms with Crippen LogP contribution in [-0.4, -0.2) is 169 Å². The fraction of sp³-hybridized carbons (Fsp3) is 0.587. The quantitative estimate of drug-likeness (QED) is 0.0316. The van der Waals surface area contributed by atoms with Gasteiger partial charge in [-0.2, -0.15) is 0 Å². The molecule has 0 saturated heterocycles. The molecule has 0 radical (unpaired) electrons. The normalized spacial score (nSPS) is 14.7. The van der Waals surface area contributed by atoms with Gasteiger partial charge >= 0.3 is 29.8 Å². The van der Waals surface area contributed by atoms with Gasteiger partial charge in [-0.1, -0.05) is 58.0 Å². The number of hydrogen-bond donors (Lipinski definition) is 15. The highest BCUT2D eigenvalue weighted by molar-refractivity contribution is 5.98. The summed E-state index contributed by atoms with van der Waals surface area (Å²) in [6.07, 6.45) is -7.01. The van der Waals surface area contributed by atoms with Crippen molar-refractivity contribution in [3.05, 3.63) is 35.9 Å². The zero-order chi connectivity index (χ0) is 56.4. The topological polar surface area (TPSA) is 466 Å². The molecular formula is C46H69N9O19. The van der Waals surface area contributed by atoms with Crippen LogP contribution in [0.1, 0.15) is 98.0 Å². The summed E-state index contributed by atoms with van der Waals surface area (Å²) in [6, 6.07) is -4.96. The number of nitrogens with two attached hydrogens (primary N) is 1.